The van der Waals surface area contributed by atoms with Crippen molar-refractivity contribution >= 4 is 5.97 Å². The summed E-state index contributed by atoms with van der Waals surface area (Å²) in [7, 11) is 1.61. The largest absolute Gasteiger partial charge is 0.496 e. The molecule has 0 aromatic heterocycles. The molecule has 4 heteroatoms. The molecular weight excluding hydrogens is 230 g/mol. The molecule has 1 rings (SSSR count). The van der Waals surface area contributed by atoms with Crippen LogP contribution in [0.3, 0.4) is 0 Å². The zero-order valence-corrected chi connectivity index (χ0v) is 11.6. The Kier molecular flexibility index (Phi) is 4.02. The van der Waals surface area contributed by atoms with Crippen LogP contribution < -0.4 is 10.5 Å². The molecule has 0 aliphatic carbocycles. The molecule has 1 aromatic carbocycles. The zero-order valence-electron chi connectivity index (χ0n) is 11.6. The van der Waals surface area contributed by atoms with Crippen LogP contribution in [0.4, 0.5) is 0 Å². The maximum Gasteiger partial charge on any atom is 0.325 e. The van der Waals surface area contributed by atoms with E-state index in [1.54, 1.807) is 7.11 Å². The molecule has 18 heavy (non-hydrogen) atoms. The number of hydrogen-bond donors (Lipinski definition) is 2. The number of hydrogen-bond acceptors (Lipinski definition) is 3. The molecular formula is C14H21NO3. The van der Waals surface area contributed by atoms with Gasteiger partial charge < -0.3 is 15.6 Å². The molecule has 0 saturated carbocycles. The molecule has 1 unspecified atom stereocenters. The number of rotatable bonds is 3. The second-order valence-corrected chi connectivity index (χ2v) is 5.47. The second-order valence-electron chi connectivity index (χ2n) is 5.47. The summed E-state index contributed by atoms with van der Waals surface area (Å²) in [6.07, 6.45) is 0. The lowest BCUT2D eigenvalue weighted by Gasteiger charge is -2.24. The lowest BCUT2D eigenvalue weighted by Crippen LogP contribution is -2.23. The van der Waals surface area contributed by atoms with Crippen LogP contribution >= 0.6 is 0 Å². The average molecular weight is 251 g/mol. The summed E-state index contributed by atoms with van der Waals surface area (Å²) in [4.78, 5) is 11.0. The number of benzene rings is 1. The Balaban J connectivity index is 3.44. The standard InChI is InChI=1S/C14H21NO3/c1-8-6-11(18-5)10(14(2,3)4)7-9(8)12(15)13(16)17/h6-7,12H,15H2,1-5H3,(H,16,17). The quantitative estimate of drug-likeness (QED) is 0.865. The van der Waals surface area contributed by atoms with E-state index >= 15 is 0 Å². The number of methoxy groups -OCH3 is 1. The maximum absolute atomic E-state index is 11.0. The lowest BCUT2D eigenvalue weighted by molar-refractivity contribution is -0.138. The number of nitrogens with two attached hydrogens (primary N) is 1. The molecule has 0 heterocycles. The minimum absolute atomic E-state index is 0.133. The summed E-state index contributed by atoms with van der Waals surface area (Å²) in [6.45, 7) is 8.00. The Bertz CT molecular complexity index is 461. The summed E-state index contributed by atoms with van der Waals surface area (Å²) in [5, 5.41) is 9.02. The highest BCUT2D eigenvalue weighted by molar-refractivity contribution is 5.76. The second kappa shape index (κ2) is 4.98. The molecule has 0 spiro atoms. The summed E-state index contributed by atoms with van der Waals surface area (Å²) >= 11 is 0. The summed E-state index contributed by atoms with van der Waals surface area (Å²) < 4.78 is 5.36. The van der Waals surface area contributed by atoms with Crippen LogP contribution in [-0.4, -0.2) is 18.2 Å². The van der Waals surface area contributed by atoms with Gasteiger partial charge in [-0.1, -0.05) is 20.8 Å². The van der Waals surface area contributed by atoms with E-state index in [0.29, 0.717) is 5.56 Å². The molecule has 100 valence electrons. The molecule has 0 saturated heterocycles. The van der Waals surface area contributed by atoms with Crippen molar-refractivity contribution in [2.24, 2.45) is 5.73 Å². The van der Waals surface area contributed by atoms with E-state index < -0.39 is 12.0 Å². The van der Waals surface area contributed by atoms with E-state index in [9.17, 15) is 4.79 Å². The molecule has 0 radical (unpaired) electrons. The van der Waals surface area contributed by atoms with E-state index in [1.165, 1.54) is 0 Å². The molecule has 0 aliphatic heterocycles. The van der Waals surface area contributed by atoms with Gasteiger partial charge in [-0.15, -0.1) is 0 Å². The first-order valence-electron chi connectivity index (χ1n) is 5.86. The van der Waals surface area contributed by atoms with Crippen molar-refractivity contribution in [2.75, 3.05) is 7.11 Å². The Hall–Kier alpha value is -1.55. The van der Waals surface area contributed by atoms with Crippen LogP contribution in [0.25, 0.3) is 0 Å². The molecule has 1 atom stereocenters. The van der Waals surface area contributed by atoms with Crippen molar-refractivity contribution in [3.8, 4) is 5.75 Å². The van der Waals surface area contributed by atoms with Crippen LogP contribution in [0.5, 0.6) is 5.75 Å². The minimum atomic E-state index is -1.02. The monoisotopic (exact) mass is 251 g/mol. The van der Waals surface area contributed by atoms with Crippen LogP contribution in [-0.2, 0) is 10.2 Å². The smallest absolute Gasteiger partial charge is 0.325 e. The number of carboxylic acid groups (broad SMARTS) is 1. The number of carboxylic acids is 1. The lowest BCUT2D eigenvalue weighted by atomic mass is 9.83. The van der Waals surface area contributed by atoms with Gasteiger partial charge in [-0.2, -0.15) is 0 Å². The van der Waals surface area contributed by atoms with E-state index in [1.807, 2.05) is 19.1 Å². The minimum Gasteiger partial charge on any atom is -0.496 e. The summed E-state index contributed by atoms with van der Waals surface area (Å²) in [5.41, 5.74) is 7.99. The third-order valence-corrected chi connectivity index (χ3v) is 3.00. The van der Waals surface area contributed by atoms with Crippen molar-refractivity contribution in [3.63, 3.8) is 0 Å². The number of carbonyl (C=O) groups is 1. The van der Waals surface area contributed by atoms with Gasteiger partial charge in [0.05, 0.1) is 7.11 Å². The molecule has 4 nitrogen and oxygen atoms in total. The molecule has 0 fully saturated rings. The van der Waals surface area contributed by atoms with Gasteiger partial charge >= 0.3 is 5.97 Å². The maximum atomic E-state index is 11.0. The average Bonchev–Trinajstić information content (AvgIpc) is 2.25. The predicted molar refractivity (Wildman–Crippen MR) is 71.0 cm³/mol. The third kappa shape index (κ3) is 2.82. The molecule has 0 aliphatic rings. The molecule has 0 bridgehead atoms. The van der Waals surface area contributed by atoms with Gasteiger partial charge in [-0.05, 0) is 41.2 Å². The van der Waals surface area contributed by atoms with Crippen LogP contribution in [0.1, 0.15) is 43.5 Å². The van der Waals surface area contributed by atoms with Gasteiger partial charge in [0.15, 0.2) is 0 Å². The fourth-order valence-corrected chi connectivity index (χ4v) is 1.92. The van der Waals surface area contributed by atoms with Crippen molar-refractivity contribution in [1.29, 1.82) is 0 Å². The SMILES string of the molecule is COc1cc(C)c(C(N)C(=O)O)cc1C(C)(C)C. The van der Waals surface area contributed by atoms with E-state index in [0.717, 1.165) is 16.9 Å². The third-order valence-electron chi connectivity index (χ3n) is 3.00. The van der Waals surface area contributed by atoms with Gasteiger partial charge in [0.1, 0.15) is 11.8 Å². The van der Waals surface area contributed by atoms with Crippen molar-refractivity contribution in [3.05, 3.63) is 28.8 Å². The highest BCUT2D eigenvalue weighted by Gasteiger charge is 2.24. The van der Waals surface area contributed by atoms with E-state index in [4.69, 9.17) is 15.6 Å². The van der Waals surface area contributed by atoms with Gasteiger partial charge in [0.25, 0.3) is 0 Å². The first-order valence-corrected chi connectivity index (χ1v) is 5.86. The summed E-state index contributed by atoms with van der Waals surface area (Å²) in [6, 6.07) is 2.68. The fourth-order valence-electron chi connectivity index (χ4n) is 1.92. The molecule has 0 amide bonds. The Labute approximate surface area is 108 Å². The van der Waals surface area contributed by atoms with Gasteiger partial charge in [0, 0.05) is 0 Å². The van der Waals surface area contributed by atoms with Gasteiger partial charge in [0.2, 0.25) is 0 Å². The zero-order chi connectivity index (χ0) is 14.1. The van der Waals surface area contributed by atoms with Crippen LogP contribution in [0.15, 0.2) is 12.1 Å². The number of ether oxygens (including phenoxy) is 1. The van der Waals surface area contributed by atoms with E-state index in [-0.39, 0.29) is 5.41 Å². The van der Waals surface area contributed by atoms with Crippen LogP contribution in [0.2, 0.25) is 0 Å². The van der Waals surface area contributed by atoms with Crippen molar-refractivity contribution < 1.29 is 14.6 Å². The Morgan fingerprint density at radius 1 is 1.39 bits per heavy atom. The molecule has 3 N–H and O–H groups in total. The molecule has 1 aromatic rings. The van der Waals surface area contributed by atoms with Gasteiger partial charge in [-0.25, -0.2) is 0 Å². The first-order chi connectivity index (χ1) is 8.18. The van der Waals surface area contributed by atoms with E-state index in [2.05, 4.69) is 20.8 Å². The summed E-state index contributed by atoms with van der Waals surface area (Å²) in [5.74, 6) is -0.260. The number of aryl methyl sites for hydroxylation is 1. The number of aliphatic carboxylic acids is 1. The van der Waals surface area contributed by atoms with Crippen molar-refractivity contribution in [1.82, 2.24) is 0 Å². The first kappa shape index (κ1) is 14.5. The normalized spacial score (nSPS) is 13.2. The van der Waals surface area contributed by atoms with Crippen LogP contribution in [0, 0.1) is 6.92 Å². The van der Waals surface area contributed by atoms with Gasteiger partial charge in [-0.3, -0.25) is 4.79 Å². The highest BCUT2D eigenvalue weighted by Crippen LogP contribution is 2.35. The highest BCUT2D eigenvalue weighted by atomic mass is 16.5. The predicted octanol–water partition coefficient (Wildman–Crippen LogP) is 2.39. The fraction of sp³-hybridized carbons (Fsp3) is 0.500. The Morgan fingerprint density at radius 3 is 2.33 bits per heavy atom. The topological polar surface area (TPSA) is 72.5 Å². The van der Waals surface area contributed by atoms with Crippen molar-refractivity contribution in [2.45, 2.75) is 39.2 Å². The Morgan fingerprint density at radius 2 is 1.94 bits per heavy atom.